The first kappa shape index (κ1) is 19.6. The van der Waals surface area contributed by atoms with Crippen molar-refractivity contribution in [3.8, 4) is 23.3 Å². The first-order valence-corrected chi connectivity index (χ1v) is 8.12. The van der Waals surface area contributed by atoms with Gasteiger partial charge in [-0.3, -0.25) is 4.79 Å². The van der Waals surface area contributed by atoms with Gasteiger partial charge >= 0.3 is 0 Å². The second-order valence-corrected chi connectivity index (χ2v) is 5.87. The van der Waals surface area contributed by atoms with Crippen molar-refractivity contribution in [2.45, 2.75) is 0 Å². The zero-order chi connectivity index (χ0) is 19.3. The van der Waals surface area contributed by atoms with Gasteiger partial charge in [0.2, 0.25) is 11.5 Å². The number of hydrogen-bond acceptors (Lipinski definition) is 5. The molecule has 0 amide bonds. The fourth-order valence-electron chi connectivity index (χ4n) is 2.35. The average Bonchev–Trinajstić information content (AvgIpc) is 2.64. The number of carbonyl (C=O) groups excluding carboxylic acids is 1. The lowest BCUT2D eigenvalue weighted by Gasteiger charge is -2.13. The second-order valence-electron chi connectivity index (χ2n) is 5.05. The molecule has 0 aliphatic heterocycles. The summed E-state index contributed by atoms with van der Waals surface area (Å²) in [6, 6.07) is 9.83. The third-order valence-corrected chi connectivity index (χ3v) is 4.18. The Morgan fingerprint density at radius 2 is 1.58 bits per heavy atom. The molecule has 0 unspecified atom stereocenters. The van der Waals surface area contributed by atoms with Crippen molar-refractivity contribution in [2.75, 3.05) is 21.3 Å². The van der Waals surface area contributed by atoms with Crippen LogP contribution in [0.4, 0.5) is 0 Å². The van der Waals surface area contributed by atoms with Crippen molar-refractivity contribution in [3.05, 3.63) is 57.1 Å². The molecule has 134 valence electrons. The van der Waals surface area contributed by atoms with E-state index in [2.05, 4.69) is 0 Å². The van der Waals surface area contributed by atoms with Crippen molar-refractivity contribution in [1.82, 2.24) is 0 Å². The van der Waals surface area contributed by atoms with Crippen molar-refractivity contribution in [2.24, 2.45) is 0 Å². The van der Waals surface area contributed by atoms with Crippen LogP contribution in [0.1, 0.15) is 15.9 Å². The molecular formula is C19H15Cl2NO4. The third-order valence-electron chi connectivity index (χ3n) is 3.55. The van der Waals surface area contributed by atoms with Gasteiger partial charge in [-0.2, -0.15) is 5.26 Å². The van der Waals surface area contributed by atoms with E-state index in [9.17, 15) is 10.1 Å². The summed E-state index contributed by atoms with van der Waals surface area (Å²) in [5.41, 5.74) is 0.470. The molecular weight excluding hydrogens is 377 g/mol. The SMILES string of the molecule is COc1cc(C=C(C#N)C(=O)c2c(Cl)cccc2Cl)cc(OC)c1OC. The lowest BCUT2D eigenvalue weighted by molar-refractivity contribution is 0.104. The summed E-state index contributed by atoms with van der Waals surface area (Å²) in [4.78, 5) is 12.7. The molecule has 2 aromatic rings. The number of nitrogens with zero attached hydrogens (tertiary/aromatic N) is 1. The van der Waals surface area contributed by atoms with Crippen LogP contribution in [0.25, 0.3) is 6.08 Å². The largest absolute Gasteiger partial charge is 0.493 e. The number of halogens is 2. The van der Waals surface area contributed by atoms with Crippen LogP contribution >= 0.6 is 23.2 Å². The molecule has 0 radical (unpaired) electrons. The Kier molecular flexibility index (Phi) is 6.51. The minimum Gasteiger partial charge on any atom is -0.493 e. The lowest BCUT2D eigenvalue weighted by atomic mass is 10.0. The fraction of sp³-hybridized carbons (Fsp3) is 0.158. The quantitative estimate of drug-likeness (QED) is 0.401. The molecule has 0 aliphatic carbocycles. The normalized spacial score (nSPS) is 10.8. The maximum Gasteiger partial charge on any atom is 0.206 e. The molecule has 0 bridgehead atoms. The number of ether oxygens (including phenoxy) is 3. The number of benzene rings is 2. The van der Waals surface area contributed by atoms with E-state index in [0.29, 0.717) is 22.8 Å². The predicted molar refractivity (Wildman–Crippen MR) is 100 cm³/mol. The van der Waals surface area contributed by atoms with Crippen molar-refractivity contribution in [1.29, 1.82) is 5.26 Å². The Balaban J connectivity index is 2.56. The van der Waals surface area contributed by atoms with Gasteiger partial charge in [-0.1, -0.05) is 29.3 Å². The lowest BCUT2D eigenvalue weighted by Crippen LogP contribution is -2.04. The number of hydrogen-bond donors (Lipinski definition) is 0. The van der Waals surface area contributed by atoms with Gasteiger partial charge in [0.1, 0.15) is 11.6 Å². The van der Waals surface area contributed by atoms with E-state index >= 15 is 0 Å². The highest BCUT2D eigenvalue weighted by Gasteiger charge is 2.20. The van der Waals surface area contributed by atoms with Crippen molar-refractivity contribution in [3.63, 3.8) is 0 Å². The molecule has 26 heavy (non-hydrogen) atoms. The van der Waals surface area contributed by atoms with Gasteiger partial charge in [0.15, 0.2) is 11.5 Å². The van der Waals surface area contributed by atoms with E-state index < -0.39 is 5.78 Å². The number of methoxy groups -OCH3 is 3. The fourth-order valence-corrected chi connectivity index (χ4v) is 2.92. The zero-order valence-electron chi connectivity index (χ0n) is 14.3. The number of Topliss-reactive ketones (excluding diaryl/α,β-unsaturated/α-hetero) is 1. The van der Waals surface area contributed by atoms with Gasteiger partial charge in [-0.05, 0) is 35.9 Å². The van der Waals surface area contributed by atoms with Crippen LogP contribution < -0.4 is 14.2 Å². The molecule has 2 aromatic carbocycles. The van der Waals surface area contributed by atoms with Crippen LogP contribution in [0.5, 0.6) is 17.2 Å². The maximum atomic E-state index is 12.7. The molecule has 0 heterocycles. The molecule has 5 nitrogen and oxygen atoms in total. The number of nitriles is 1. The topological polar surface area (TPSA) is 68.5 Å². The van der Waals surface area contributed by atoms with Gasteiger partial charge in [-0.25, -0.2) is 0 Å². The first-order valence-electron chi connectivity index (χ1n) is 7.37. The molecule has 7 heteroatoms. The van der Waals surface area contributed by atoms with E-state index in [4.69, 9.17) is 37.4 Å². The summed E-state index contributed by atoms with van der Waals surface area (Å²) >= 11 is 12.1. The van der Waals surface area contributed by atoms with Crippen LogP contribution in [-0.4, -0.2) is 27.1 Å². The standard InChI is InChI=1S/C19H15Cl2NO4/c1-24-15-8-11(9-16(25-2)19(15)26-3)7-12(10-22)18(23)17-13(20)5-4-6-14(17)21/h4-9H,1-3H3. The van der Waals surface area contributed by atoms with Gasteiger partial charge in [0, 0.05) is 0 Å². The molecule has 0 aliphatic rings. The summed E-state index contributed by atoms with van der Waals surface area (Å²) in [6.45, 7) is 0. The number of rotatable bonds is 6. The Morgan fingerprint density at radius 1 is 1.04 bits per heavy atom. The van der Waals surface area contributed by atoms with E-state index in [1.54, 1.807) is 18.2 Å². The van der Waals surface area contributed by atoms with Gasteiger partial charge < -0.3 is 14.2 Å². The molecule has 0 aromatic heterocycles. The van der Waals surface area contributed by atoms with Crippen LogP contribution in [0.15, 0.2) is 35.9 Å². The molecule has 0 N–H and O–H groups in total. The predicted octanol–water partition coefficient (Wildman–Crippen LogP) is 4.81. The van der Waals surface area contributed by atoms with Gasteiger partial charge in [-0.15, -0.1) is 0 Å². The summed E-state index contributed by atoms with van der Waals surface area (Å²) in [5.74, 6) is 0.639. The molecule has 0 atom stereocenters. The van der Waals surface area contributed by atoms with Gasteiger partial charge in [0.05, 0.1) is 36.9 Å². The minimum absolute atomic E-state index is 0.0797. The Morgan fingerprint density at radius 3 is 2.00 bits per heavy atom. The number of carbonyl (C=O) groups is 1. The van der Waals surface area contributed by atoms with Crippen LogP contribution in [0, 0.1) is 11.3 Å². The summed E-state index contributed by atoms with van der Waals surface area (Å²) in [5, 5.41) is 9.79. The van der Waals surface area contributed by atoms with Crippen LogP contribution in [0.3, 0.4) is 0 Å². The molecule has 0 fully saturated rings. The van der Waals surface area contributed by atoms with E-state index in [1.807, 2.05) is 6.07 Å². The highest BCUT2D eigenvalue weighted by Crippen LogP contribution is 2.39. The smallest absolute Gasteiger partial charge is 0.206 e. The highest BCUT2D eigenvalue weighted by atomic mass is 35.5. The highest BCUT2D eigenvalue weighted by molar-refractivity contribution is 6.41. The summed E-state index contributed by atoms with van der Waals surface area (Å²) in [6.07, 6.45) is 1.41. The van der Waals surface area contributed by atoms with Crippen molar-refractivity contribution >= 4 is 35.1 Å². The molecule has 0 spiro atoms. The van der Waals surface area contributed by atoms with E-state index in [0.717, 1.165) is 0 Å². The second kappa shape index (κ2) is 8.61. The Hall–Kier alpha value is -2.68. The average molecular weight is 392 g/mol. The van der Waals surface area contributed by atoms with Crippen LogP contribution in [0.2, 0.25) is 10.0 Å². The van der Waals surface area contributed by atoms with Crippen molar-refractivity contribution < 1.29 is 19.0 Å². The minimum atomic E-state index is -0.572. The Labute approximate surface area is 161 Å². The van der Waals surface area contributed by atoms with Crippen LogP contribution in [-0.2, 0) is 0 Å². The summed E-state index contributed by atoms with van der Waals surface area (Å²) in [7, 11) is 4.44. The monoisotopic (exact) mass is 391 g/mol. The first-order chi connectivity index (χ1) is 12.5. The third kappa shape index (κ3) is 3.93. The molecule has 0 saturated carbocycles. The zero-order valence-corrected chi connectivity index (χ0v) is 15.8. The Bertz CT molecular complexity index is 871. The van der Waals surface area contributed by atoms with Gasteiger partial charge in [0.25, 0.3) is 0 Å². The molecule has 2 rings (SSSR count). The maximum absolute atomic E-state index is 12.7. The number of allylic oxidation sites excluding steroid dienone is 1. The summed E-state index contributed by atoms with van der Waals surface area (Å²) < 4.78 is 15.8. The molecule has 0 saturated heterocycles. The number of ketones is 1. The van der Waals surface area contributed by atoms with E-state index in [-0.39, 0.29) is 21.2 Å². The van der Waals surface area contributed by atoms with E-state index in [1.165, 1.54) is 39.5 Å².